The SMILES string of the molecule is COc1c(N)cccc1N.COc1cc(N)c(OC)c(N)c1.COc1cc(OC)c(N)c(OC)c1N.COc1ccc(CCCO)c(OC)c1N.COc1ccc(N)c(OC)c1N.COc1ccc(NCCO)c(OC)c1NCCO. The lowest BCUT2D eigenvalue weighted by molar-refractivity contribution is 0.287. The molecule has 26 heteroatoms. The van der Waals surface area contributed by atoms with E-state index in [-0.39, 0.29) is 19.8 Å². The number of nitrogen functional groups attached to an aromatic ring is 9. The Balaban J connectivity index is 0.000000490. The topological polar surface area (TPSA) is 430 Å². The summed E-state index contributed by atoms with van der Waals surface area (Å²) in [5.74, 6) is 6.54. The molecule has 0 atom stereocenters. The number of hydrogen-bond donors (Lipinski definition) is 14. The third-order valence-corrected chi connectivity index (χ3v) is 11.0. The molecule has 6 aromatic carbocycles. The van der Waals surface area contributed by atoms with Gasteiger partial charge in [-0.3, -0.25) is 0 Å². The van der Waals surface area contributed by atoms with E-state index in [1.165, 1.54) is 35.5 Å². The lowest BCUT2D eigenvalue weighted by atomic mass is 10.1. The van der Waals surface area contributed by atoms with Gasteiger partial charge in [0, 0.05) is 37.9 Å². The summed E-state index contributed by atoms with van der Waals surface area (Å²) in [5, 5.41) is 32.6. The molecule has 0 unspecified atom stereocenters. The van der Waals surface area contributed by atoms with Crippen molar-refractivity contribution in [3.63, 3.8) is 0 Å². The molecule has 0 aromatic heterocycles. The van der Waals surface area contributed by atoms with Crippen LogP contribution in [0.1, 0.15) is 12.0 Å². The Kier molecular flexibility index (Phi) is 32.2. The second-order valence-electron chi connectivity index (χ2n) is 16.0. The number of nitrogens with one attached hydrogen (secondary N) is 2. The van der Waals surface area contributed by atoms with Crippen LogP contribution in [0.15, 0.2) is 72.8 Å². The van der Waals surface area contributed by atoms with Crippen LogP contribution in [0.3, 0.4) is 0 Å². The number of benzene rings is 6. The van der Waals surface area contributed by atoms with E-state index in [0.717, 1.165) is 17.7 Å². The first-order valence-corrected chi connectivity index (χ1v) is 24.4. The highest BCUT2D eigenvalue weighted by Crippen LogP contribution is 2.44. The molecular formula is C55H85N11O15. The van der Waals surface area contributed by atoms with Crippen molar-refractivity contribution >= 4 is 62.6 Å². The zero-order valence-corrected chi connectivity index (χ0v) is 48.3. The maximum absolute atomic E-state index is 8.87. The Bertz CT molecular complexity index is 2740. The van der Waals surface area contributed by atoms with E-state index in [1.807, 2.05) is 18.2 Å². The highest BCUT2D eigenvalue weighted by Gasteiger charge is 2.17. The molecule has 0 aliphatic carbocycles. The summed E-state index contributed by atoms with van der Waals surface area (Å²) in [4.78, 5) is 0. The summed E-state index contributed by atoms with van der Waals surface area (Å²) < 4.78 is 60.9. The maximum Gasteiger partial charge on any atom is 0.172 e. The van der Waals surface area contributed by atoms with Crippen molar-refractivity contribution in [2.75, 3.05) is 180 Å². The summed E-state index contributed by atoms with van der Waals surface area (Å²) in [7, 11) is 18.5. The van der Waals surface area contributed by atoms with E-state index in [1.54, 1.807) is 104 Å². The Labute approximate surface area is 474 Å². The summed E-state index contributed by atoms with van der Waals surface area (Å²) in [5.41, 5.74) is 57.6. The second-order valence-corrected chi connectivity index (χ2v) is 16.0. The molecule has 0 fully saturated rings. The Morgan fingerprint density at radius 3 is 1.17 bits per heavy atom. The van der Waals surface area contributed by atoms with Gasteiger partial charge in [0.25, 0.3) is 0 Å². The molecule has 0 saturated heterocycles. The van der Waals surface area contributed by atoms with Gasteiger partial charge in [0.05, 0.1) is 133 Å². The van der Waals surface area contributed by atoms with Crippen molar-refractivity contribution in [1.82, 2.24) is 0 Å². The van der Waals surface area contributed by atoms with Gasteiger partial charge < -0.3 is 134 Å². The Morgan fingerprint density at radius 1 is 0.346 bits per heavy atom. The molecule has 26 nitrogen and oxygen atoms in total. The number of methoxy groups -OCH3 is 12. The summed E-state index contributed by atoms with van der Waals surface area (Å²) >= 11 is 0. The van der Waals surface area contributed by atoms with Gasteiger partial charge in [-0.2, -0.15) is 0 Å². The highest BCUT2D eigenvalue weighted by atomic mass is 16.5. The number of hydrogen-bond acceptors (Lipinski definition) is 26. The molecule has 0 spiro atoms. The van der Waals surface area contributed by atoms with Gasteiger partial charge in [-0.25, -0.2) is 0 Å². The number of aryl methyl sites for hydroxylation is 1. The number of para-hydroxylation sites is 1. The van der Waals surface area contributed by atoms with Crippen molar-refractivity contribution in [3.05, 3.63) is 78.4 Å². The number of ether oxygens (including phenoxy) is 12. The molecule has 6 rings (SSSR count). The van der Waals surface area contributed by atoms with Gasteiger partial charge in [-0.05, 0) is 60.9 Å². The fraction of sp³-hybridized carbons (Fsp3) is 0.345. The molecule has 0 aliphatic rings. The highest BCUT2D eigenvalue weighted by molar-refractivity contribution is 5.79. The van der Waals surface area contributed by atoms with Gasteiger partial charge in [-0.15, -0.1) is 0 Å². The molecule has 0 radical (unpaired) electrons. The first-order chi connectivity index (χ1) is 38.8. The minimum Gasteiger partial charge on any atom is -0.497 e. The lowest BCUT2D eigenvalue weighted by Crippen LogP contribution is -2.11. The first kappa shape index (κ1) is 69.6. The number of nitrogens with two attached hydrogens (primary N) is 9. The van der Waals surface area contributed by atoms with Crippen LogP contribution in [-0.4, -0.2) is 134 Å². The van der Waals surface area contributed by atoms with E-state index >= 15 is 0 Å². The van der Waals surface area contributed by atoms with E-state index in [2.05, 4.69) is 10.6 Å². The predicted octanol–water partition coefficient (Wildman–Crippen LogP) is 5.20. The van der Waals surface area contributed by atoms with Crippen LogP contribution in [0.25, 0.3) is 0 Å². The van der Waals surface area contributed by atoms with E-state index in [9.17, 15) is 0 Å². The molecule has 6 aromatic rings. The minimum absolute atomic E-state index is 0.0145. The quantitative estimate of drug-likeness (QED) is 0.0412. The van der Waals surface area contributed by atoms with Crippen LogP contribution >= 0.6 is 0 Å². The van der Waals surface area contributed by atoms with Crippen LogP contribution in [0.5, 0.6) is 69.0 Å². The van der Waals surface area contributed by atoms with Gasteiger partial charge in [-0.1, -0.05) is 12.1 Å². The fourth-order valence-corrected chi connectivity index (χ4v) is 7.15. The molecule has 0 aliphatic heterocycles. The van der Waals surface area contributed by atoms with Crippen LogP contribution in [0.4, 0.5) is 62.6 Å². The average Bonchev–Trinajstić information content (AvgIpc) is 3.51. The van der Waals surface area contributed by atoms with E-state index < -0.39 is 0 Å². The molecular weight excluding hydrogens is 1050 g/mol. The lowest BCUT2D eigenvalue weighted by Gasteiger charge is -2.18. The van der Waals surface area contributed by atoms with Crippen LogP contribution in [0, 0.1) is 0 Å². The zero-order valence-electron chi connectivity index (χ0n) is 48.3. The summed E-state index contributed by atoms with van der Waals surface area (Å²) in [6, 6.07) is 20.9. The summed E-state index contributed by atoms with van der Waals surface area (Å²) in [6.45, 7) is 1.04. The Morgan fingerprint density at radius 2 is 0.753 bits per heavy atom. The molecule has 0 saturated carbocycles. The average molecular weight is 1140 g/mol. The minimum atomic E-state index is 0.0145. The molecule has 0 bridgehead atoms. The standard InChI is InChI=1S/C12H20N2O4.C11H17NO3.C9H14N2O3.2C8H12N2O2.C7H10N2O/c1-17-10-4-3-9(13-5-7-15)12(18-2)11(10)14-6-8-16;1-14-9-6-5-8(4-3-7-13)11(15-2)10(9)12;1-12-5-4-6(13-2)8(11)9(14-3)7(5)10;1-11-5-3-6(9)8(12-2)7(10)4-5;1-11-6-4-3-5(9)8(12-2)7(6)10;1-10-7-5(8)3-2-4-6(7)9/h3-4,13-16H,5-8H2,1-2H3;5-6,13H,3-4,7,12H2,1-2H3;4H,10-11H2,1-3H3;2*3-4H,9-10H2,1-2H3;2-4H,8-9H2,1H3. The molecule has 23 N–H and O–H groups in total. The maximum atomic E-state index is 8.87. The molecule has 0 amide bonds. The van der Waals surface area contributed by atoms with Crippen LogP contribution in [0.2, 0.25) is 0 Å². The smallest absolute Gasteiger partial charge is 0.172 e. The van der Waals surface area contributed by atoms with Crippen LogP contribution in [-0.2, 0) is 6.42 Å². The fourth-order valence-electron chi connectivity index (χ4n) is 7.15. The number of aliphatic hydroxyl groups excluding tert-OH is 3. The largest absolute Gasteiger partial charge is 0.497 e. The van der Waals surface area contributed by atoms with E-state index in [0.29, 0.717) is 145 Å². The predicted molar refractivity (Wildman–Crippen MR) is 324 cm³/mol. The summed E-state index contributed by atoms with van der Waals surface area (Å²) in [6.07, 6.45) is 1.44. The van der Waals surface area contributed by atoms with Crippen molar-refractivity contribution in [1.29, 1.82) is 0 Å². The van der Waals surface area contributed by atoms with Crippen LogP contribution < -0.4 is 119 Å². The van der Waals surface area contributed by atoms with E-state index in [4.69, 9.17) is 124 Å². The van der Waals surface area contributed by atoms with Crippen molar-refractivity contribution in [2.45, 2.75) is 12.8 Å². The normalized spacial score (nSPS) is 9.72. The Hall–Kier alpha value is -9.40. The van der Waals surface area contributed by atoms with Gasteiger partial charge in [0.15, 0.2) is 28.7 Å². The first-order valence-electron chi connectivity index (χ1n) is 24.4. The number of rotatable bonds is 21. The zero-order chi connectivity index (χ0) is 61.2. The second kappa shape index (κ2) is 37.4. The monoisotopic (exact) mass is 1140 g/mol. The molecule has 450 valence electrons. The number of anilines is 11. The number of aliphatic hydroxyl groups is 3. The third kappa shape index (κ3) is 20.4. The third-order valence-electron chi connectivity index (χ3n) is 11.0. The van der Waals surface area contributed by atoms with Crippen molar-refractivity contribution < 1.29 is 72.2 Å². The van der Waals surface area contributed by atoms with Gasteiger partial charge in [0.2, 0.25) is 0 Å². The van der Waals surface area contributed by atoms with Gasteiger partial charge in [0.1, 0.15) is 68.7 Å². The molecule has 81 heavy (non-hydrogen) atoms. The van der Waals surface area contributed by atoms with Crippen molar-refractivity contribution in [3.8, 4) is 69.0 Å². The van der Waals surface area contributed by atoms with Crippen molar-refractivity contribution in [2.24, 2.45) is 0 Å². The van der Waals surface area contributed by atoms with Gasteiger partial charge >= 0.3 is 0 Å². The molecule has 0 heterocycles.